The lowest BCUT2D eigenvalue weighted by Gasteiger charge is -1.90. The molecule has 0 N–H and O–H groups in total. The summed E-state index contributed by atoms with van der Waals surface area (Å²) in [7, 11) is 0. The predicted molar refractivity (Wildman–Crippen MR) is 34.3 cm³/mol. The van der Waals surface area contributed by atoms with E-state index in [1.165, 1.54) is 6.08 Å². The highest BCUT2D eigenvalue weighted by Crippen LogP contribution is 2.08. The van der Waals surface area contributed by atoms with Crippen LogP contribution in [0.4, 0.5) is 4.39 Å². The predicted octanol–water partition coefficient (Wildman–Crippen LogP) is 2.83. The Bertz CT molecular complexity index is 104. The summed E-state index contributed by atoms with van der Waals surface area (Å²) in [5.74, 6) is -0.132. The van der Waals surface area contributed by atoms with Gasteiger partial charge in [0, 0.05) is 0 Å². The van der Waals surface area contributed by atoms with Crippen molar-refractivity contribution in [3.8, 4) is 0 Å². The van der Waals surface area contributed by atoms with E-state index in [2.05, 4.69) is 0 Å². The van der Waals surface area contributed by atoms with Gasteiger partial charge in [-0.05, 0) is 26.3 Å². The van der Waals surface area contributed by atoms with E-state index in [1.807, 2.05) is 6.92 Å². The SMILES string of the molecule is C/C=C(C)\C(F)=C/C. The minimum absolute atomic E-state index is 0.132. The molecule has 0 aromatic heterocycles. The van der Waals surface area contributed by atoms with Crippen LogP contribution in [0.25, 0.3) is 0 Å². The summed E-state index contributed by atoms with van der Waals surface area (Å²) in [4.78, 5) is 0. The first kappa shape index (κ1) is 7.41. The Kier molecular flexibility index (Phi) is 3.16. The van der Waals surface area contributed by atoms with E-state index < -0.39 is 0 Å². The lowest BCUT2D eigenvalue weighted by atomic mass is 10.2. The van der Waals surface area contributed by atoms with Gasteiger partial charge in [0.2, 0.25) is 0 Å². The average molecular weight is 114 g/mol. The maximum Gasteiger partial charge on any atom is 0.121 e. The minimum atomic E-state index is -0.132. The number of halogens is 1. The number of hydrogen-bond acceptors (Lipinski definition) is 0. The standard InChI is InChI=1S/C7H11F/c1-4-6(3)7(8)5-2/h4-5H,1-3H3/b6-4-,7-5+. The third kappa shape index (κ3) is 1.92. The van der Waals surface area contributed by atoms with E-state index in [0.717, 1.165) is 0 Å². The third-order valence-corrected chi connectivity index (χ3v) is 1.06. The van der Waals surface area contributed by atoms with Gasteiger partial charge in [0.1, 0.15) is 5.83 Å². The van der Waals surface area contributed by atoms with Gasteiger partial charge in [-0.1, -0.05) is 12.2 Å². The average Bonchev–Trinajstić information content (AvgIpc) is 1.84. The summed E-state index contributed by atoms with van der Waals surface area (Å²) in [6.45, 7) is 5.25. The van der Waals surface area contributed by atoms with E-state index >= 15 is 0 Å². The van der Waals surface area contributed by atoms with Gasteiger partial charge in [-0.3, -0.25) is 0 Å². The summed E-state index contributed by atoms with van der Waals surface area (Å²) in [5, 5.41) is 0. The molecule has 0 aromatic carbocycles. The van der Waals surface area contributed by atoms with Gasteiger partial charge in [-0.15, -0.1) is 0 Å². The molecule has 0 aliphatic heterocycles. The molecule has 0 heterocycles. The summed E-state index contributed by atoms with van der Waals surface area (Å²) in [5.41, 5.74) is 0.701. The summed E-state index contributed by atoms with van der Waals surface area (Å²) in [6.07, 6.45) is 3.20. The molecule has 0 spiro atoms. The Morgan fingerprint density at radius 2 is 1.75 bits per heavy atom. The molecular weight excluding hydrogens is 103 g/mol. The second-order valence-corrected chi connectivity index (χ2v) is 1.61. The first-order chi connectivity index (χ1) is 3.72. The van der Waals surface area contributed by atoms with Crippen molar-refractivity contribution >= 4 is 0 Å². The fourth-order valence-electron chi connectivity index (χ4n) is 0.366. The maximum atomic E-state index is 12.3. The van der Waals surface area contributed by atoms with Crippen molar-refractivity contribution in [3.63, 3.8) is 0 Å². The summed E-state index contributed by atoms with van der Waals surface area (Å²) in [6, 6.07) is 0. The van der Waals surface area contributed by atoms with Crippen molar-refractivity contribution in [1.29, 1.82) is 0 Å². The van der Waals surface area contributed by atoms with Crippen LogP contribution in [-0.2, 0) is 0 Å². The number of hydrogen-bond donors (Lipinski definition) is 0. The van der Waals surface area contributed by atoms with E-state index in [1.54, 1.807) is 19.9 Å². The monoisotopic (exact) mass is 114 g/mol. The molecule has 1 heteroatoms. The van der Waals surface area contributed by atoms with E-state index in [9.17, 15) is 4.39 Å². The normalized spacial score (nSPS) is 14.5. The second kappa shape index (κ2) is 3.42. The van der Waals surface area contributed by atoms with Crippen LogP contribution in [0.1, 0.15) is 20.8 Å². The van der Waals surface area contributed by atoms with Crippen LogP contribution in [0, 0.1) is 0 Å². The lowest BCUT2D eigenvalue weighted by molar-refractivity contribution is 0.649. The zero-order valence-electron chi connectivity index (χ0n) is 5.53. The zero-order chi connectivity index (χ0) is 6.57. The molecule has 0 fully saturated rings. The molecule has 0 unspecified atom stereocenters. The largest absolute Gasteiger partial charge is 0.207 e. The first-order valence-corrected chi connectivity index (χ1v) is 2.67. The molecule has 46 valence electrons. The van der Waals surface area contributed by atoms with Crippen molar-refractivity contribution in [3.05, 3.63) is 23.6 Å². The summed E-state index contributed by atoms with van der Waals surface area (Å²) >= 11 is 0. The molecule has 0 aromatic rings. The fourth-order valence-corrected chi connectivity index (χ4v) is 0.366. The number of allylic oxidation sites excluding steroid dienone is 4. The van der Waals surface area contributed by atoms with Gasteiger partial charge < -0.3 is 0 Å². The van der Waals surface area contributed by atoms with Gasteiger partial charge in [-0.25, -0.2) is 4.39 Å². The van der Waals surface area contributed by atoms with Crippen LogP contribution < -0.4 is 0 Å². The second-order valence-electron chi connectivity index (χ2n) is 1.61. The first-order valence-electron chi connectivity index (χ1n) is 2.67. The molecule has 0 saturated carbocycles. The van der Waals surface area contributed by atoms with Crippen LogP contribution >= 0.6 is 0 Å². The molecule has 0 radical (unpaired) electrons. The van der Waals surface area contributed by atoms with E-state index in [4.69, 9.17) is 0 Å². The van der Waals surface area contributed by atoms with E-state index in [-0.39, 0.29) is 5.83 Å². The Morgan fingerprint density at radius 3 is 1.88 bits per heavy atom. The van der Waals surface area contributed by atoms with Gasteiger partial charge in [0.25, 0.3) is 0 Å². The van der Waals surface area contributed by atoms with Crippen molar-refractivity contribution in [2.75, 3.05) is 0 Å². The third-order valence-electron chi connectivity index (χ3n) is 1.06. The van der Waals surface area contributed by atoms with Gasteiger partial charge in [-0.2, -0.15) is 0 Å². The molecule has 0 atom stereocenters. The summed E-state index contributed by atoms with van der Waals surface area (Å²) < 4.78 is 12.3. The molecule has 8 heavy (non-hydrogen) atoms. The fraction of sp³-hybridized carbons (Fsp3) is 0.429. The molecule has 0 saturated heterocycles. The lowest BCUT2D eigenvalue weighted by Crippen LogP contribution is -1.72. The zero-order valence-corrected chi connectivity index (χ0v) is 5.53. The van der Waals surface area contributed by atoms with Crippen molar-refractivity contribution < 1.29 is 4.39 Å². The Hall–Kier alpha value is -0.590. The maximum absolute atomic E-state index is 12.3. The molecule has 0 aliphatic rings. The molecule has 0 aliphatic carbocycles. The van der Waals surface area contributed by atoms with E-state index in [0.29, 0.717) is 5.57 Å². The van der Waals surface area contributed by atoms with Crippen molar-refractivity contribution in [1.82, 2.24) is 0 Å². The topological polar surface area (TPSA) is 0 Å². The molecule has 0 bridgehead atoms. The van der Waals surface area contributed by atoms with Crippen molar-refractivity contribution in [2.24, 2.45) is 0 Å². The smallest absolute Gasteiger partial charge is 0.121 e. The Morgan fingerprint density at radius 1 is 1.25 bits per heavy atom. The van der Waals surface area contributed by atoms with Gasteiger partial charge in [0.05, 0.1) is 0 Å². The minimum Gasteiger partial charge on any atom is -0.207 e. The Balaban J connectivity index is 4.04. The van der Waals surface area contributed by atoms with Crippen LogP contribution in [0.5, 0.6) is 0 Å². The molecule has 0 rings (SSSR count). The molecule has 0 amide bonds. The molecular formula is C7H11F. The highest BCUT2D eigenvalue weighted by molar-refractivity contribution is 5.20. The van der Waals surface area contributed by atoms with Gasteiger partial charge >= 0.3 is 0 Å². The Labute approximate surface area is 49.7 Å². The highest BCUT2D eigenvalue weighted by Gasteiger charge is 1.90. The van der Waals surface area contributed by atoms with Crippen LogP contribution in [0.3, 0.4) is 0 Å². The highest BCUT2D eigenvalue weighted by atomic mass is 19.1. The number of rotatable bonds is 1. The van der Waals surface area contributed by atoms with Crippen LogP contribution in [0.15, 0.2) is 23.6 Å². The molecule has 0 nitrogen and oxygen atoms in total. The van der Waals surface area contributed by atoms with Crippen LogP contribution in [-0.4, -0.2) is 0 Å². The van der Waals surface area contributed by atoms with Gasteiger partial charge in [0.15, 0.2) is 0 Å². The van der Waals surface area contributed by atoms with Crippen molar-refractivity contribution in [2.45, 2.75) is 20.8 Å². The quantitative estimate of drug-likeness (QED) is 0.460. The van der Waals surface area contributed by atoms with Crippen LogP contribution in [0.2, 0.25) is 0 Å².